The summed E-state index contributed by atoms with van der Waals surface area (Å²) in [4.78, 5) is 29.1. The number of hydrogen-bond donors (Lipinski definition) is 0. The number of ether oxygens (including phenoxy) is 1. The van der Waals surface area contributed by atoms with Gasteiger partial charge < -0.3 is 9.53 Å². The SMILES string of the molecule is CC(=O)OC(C)=O.CC(C)=O.[2H]CF.[Ac]. The third kappa shape index (κ3) is 87.1. The Morgan fingerprint density at radius 2 is 1.21 bits per heavy atom. The fraction of sp³-hybridized carbons (Fsp3) is 0.625. The molecule has 0 saturated carbocycles. The van der Waals surface area contributed by atoms with Gasteiger partial charge in [-0.1, -0.05) is 0 Å². The van der Waals surface area contributed by atoms with Crippen LogP contribution in [0.15, 0.2) is 0 Å². The first-order chi connectivity index (χ1) is 6.27. The van der Waals surface area contributed by atoms with Crippen molar-refractivity contribution in [2.45, 2.75) is 27.7 Å². The van der Waals surface area contributed by atoms with E-state index in [0.29, 0.717) is 0 Å². The monoisotopic (exact) mass is 422 g/mol. The average molecular weight is 422 g/mol. The van der Waals surface area contributed by atoms with E-state index in [1.807, 2.05) is 0 Å². The summed E-state index contributed by atoms with van der Waals surface area (Å²) in [6, 6.07) is 0. The van der Waals surface area contributed by atoms with Crippen molar-refractivity contribution in [3.8, 4) is 0 Å². The minimum absolute atomic E-state index is 0. The number of hydrogen-bond acceptors (Lipinski definition) is 4. The van der Waals surface area contributed by atoms with Crippen LogP contribution in [0, 0.1) is 44.1 Å². The van der Waals surface area contributed by atoms with Crippen molar-refractivity contribution < 1.29 is 68.9 Å². The van der Waals surface area contributed by atoms with Gasteiger partial charge in [0.1, 0.15) is 5.78 Å². The number of carbonyl (C=O) groups excluding carboxylic acids is 3. The maximum Gasteiger partial charge on any atom is 0.310 e. The summed E-state index contributed by atoms with van der Waals surface area (Å²) in [7, 11) is -1.00. The molecule has 4 nitrogen and oxygen atoms in total. The molecule has 0 heterocycles. The maximum atomic E-state index is 9.96. The summed E-state index contributed by atoms with van der Waals surface area (Å²) < 4.78 is 19.5. The van der Waals surface area contributed by atoms with E-state index in [1.54, 1.807) is 0 Å². The van der Waals surface area contributed by atoms with E-state index in [2.05, 4.69) is 4.74 Å². The zero-order valence-corrected chi connectivity index (χ0v) is 13.5. The number of esters is 2. The molecule has 0 amide bonds. The van der Waals surface area contributed by atoms with Gasteiger partial charge in [-0.05, 0) is 13.8 Å². The van der Waals surface area contributed by atoms with Crippen LogP contribution in [-0.2, 0) is 19.1 Å². The minimum atomic E-state index is -1.00. The molecule has 0 aromatic carbocycles. The Hall–Kier alpha value is 0.182. The predicted molar refractivity (Wildman–Crippen MR) is 45.8 cm³/mol. The molecule has 1 radical (unpaired) electrons. The molecule has 0 fully saturated rings. The van der Waals surface area contributed by atoms with Crippen molar-refractivity contribution >= 4 is 17.7 Å². The molecule has 0 aromatic rings. The maximum absolute atomic E-state index is 9.96. The molecule has 0 spiro atoms. The molecule has 0 aliphatic heterocycles. The van der Waals surface area contributed by atoms with E-state index >= 15 is 0 Å². The average Bonchev–Trinajstić information content (AvgIpc) is 1.82. The summed E-state index contributed by atoms with van der Waals surface area (Å²) in [6.45, 7) is 5.42. The van der Waals surface area contributed by atoms with Gasteiger partial charge in [0.05, 0.1) is 8.52 Å². The molecule has 0 bridgehead atoms. The van der Waals surface area contributed by atoms with Crippen LogP contribution in [0.2, 0.25) is 0 Å². The fourth-order valence-corrected chi connectivity index (χ4v) is 0.202. The molecular weight excluding hydrogens is 406 g/mol. The standard InChI is InChI=1S/C4H6O3.C3H6O.CH3F.Ac/c1-3(5)7-4(2)6;1-3(2)4;1-2;/h1-2H3;1-2H3;1H3;/i;;1D;. The third-order valence-electron chi connectivity index (χ3n) is 0.287. The Morgan fingerprint density at radius 3 is 1.21 bits per heavy atom. The summed E-state index contributed by atoms with van der Waals surface area (Å²) in [6.07, 6.45) is 0. The second kappa shape index (κ2) is 18.9. The van der Waals surface area contributed by atoms with Crippen LogP contribution in [0.3, 0.4) is 0 Å². The summed E-state index contributed by atoms with van der Waals surface area (Å²) in [5.74, 6) is -0.958. The van der Waals surface area contributed by atoms with Crippen molar-refractivity contribution in [2.24, 2.45) is 0 Å². The summed E-state index contributed by atoms with van der Waals surface area (Å²) in [5.41, 5.74) is 0. The molecule has 6 heteroatoms. The van der Waals surface area contributed by atoms with Gasteiger partial charge in [0, 0.05) is 57.9 Å². The van der Waals surface area contributed by atoms with Gasteiger partial charge in [0.15, 0.2) is 0 Å². The largest absolute Gasteiger partial charge is 0.394 e. The van der Waals surface area contributed by atoms with Gasteiger partial charge in [0.2, 0.25) is 0 Å². The number of halogens is 1. The molecular formula is C8H15AcFO4. The zero-order valence-electron chi connectivity index (χ0n) is 9.80. The van der Waals surface area contributed by atoms with E-state index < -0.39 is 19.1 Å². The molecule has 0 saturated heterocycles. The van der Waals surface area contributed by atoms with E-state index in [0.717, 1.165) is 0 Å². The molecule has 0 atom stereocenters. The zero-order chi connectivity index (χ0) is 12.1. The van der Waals surface area contributed by atoms with E-state index in [-0.39, 0.29) is 49.8 Å². The Kier molecular flexibility index (Phi) is 26.6. The van der Waals surface area contributed by atoms with Crippen LogP contribution in [0.4, 0.5) is 4.39 Å². The number of ketones is 1. The van der Waals surface area contributed by atoms with Gasteiger partial charge in [0.25, 0.3) is 0 Å². The van der Waals surface area contributed by atoms with Gasteiger partial charge in [-0.2, -0.15) is 0 Å². The van der Waals surface area contributed by atoms with Crippen LogP contribution < -0.4 is 0 Å². The second-order valence-electron chi connectivity index (χ2n) is 1.99. The van der Waals surface area contributed by atoms with Crippen LogP contribution in [-0.4, -0.2) is 24.9 Å². The molecule has 14 heavy (non-hydrogen) atoms. The van der Waals surface area contributed by atoms with E-state index in [9.17, 15) is 18.8 Å². The van der Waals surface area contributed by atoms with Crippen molar-refractivity contribution in [2.75, 3.05) is 7.15 Å². The number of rotatable bonds is 0. The van der Waals surface area contributed by atoms with Crippen molar-refractivity contribution in [3.05, 3.63) is 0 Å². The quantitative estimate of drug-likeness (QED) is 0.436. The number of carbonyl (C=O) groups is 3. The second-order valence-corrected chi connectivity index (χ2v) is 1.99. The molecule has 0 aliphatic rings. The van der Waals surface area contributed by atoms with E-state index in [4.69, 9.17) is 1.37 Å². The van der Waals surface area contributed by atoms with E-state index in [1.165, 1.54) is 27.7 Å². The summed E-state index contributed by atoms with van der Waals surface area (Å²) >= 11 is 0. The molecule has 81 valence electrons. The van der Waals surface area contributed by atoms with Crippen molar-refractivity contribution in [1.82, 2.24) is 0 Å². The summed E-state index contributed by atoms with van der Waals surface area (Å²) in [5, 5.41) is 0. The fourth-order valence-electron chi connectivity index (χ4n) is 0.202. The van der Waals surface area contributed by atoms with Crippen molar-refractivity contribution in [3.63, 3.8) is 0 Å². The Morgan fingerprint density at radius 1 is 1.07 bits per heavy atom. The van der Waals surface area contributed by atoms with Crippen molar-refractivity contribution in [1.29, 1.82) is 0 Å². The molecule has 0 N–H and O–H groups in total. The molecule has 0 rings (SSSR count). The molecule has 0 unspecified atom stereocenters. The van der Waals surface area contributed by atoms with Gasteiger partial charge in [-0.3, -0.25) is 14.0 Å². The minimum Gasteiger partial charge on any atom is -0.394 e. The molecule has 0 aromatic heterocycles. The topological polar surface area (TPSA) is 60.4 Å². The van der Waals surface area contributed by atoms with Gasteiger partial charge in [-0.25, -0.2) is 0 Å². The number of alkyl halides is 1. The van der Waals surface area contributed by atoms with Gasteiger partial charge >= 0.3 is 11.9 Å². The normalized spacial score (nSPS) is 7.07. The smallest absolute Gasteiger partial charge is 0.310 e. The number of Topliss-reactive ketones (excluding diaryl/α,β-unsaturated/α-hetero) is 1. The van der Waals surface area contributed by atoms with Crippen LogP contribution in [0.25, 0.3) is 0 Å². The van der Waals surface area contributed by atoms with Crippen LogP contribution >= 0.6 is 0 Å². The first kappa shape index (κ1) is 19.7. The molecule has 0 aliphatic carbocycles. The first-order valence-corrected chi connectivity index (χ1v) is 3.29. The van der Waals surface area contributed by atoms with Crippen LogP contribution in [0.5, 0.6) is 0 Å². The Bertz CT molecular complexity index is 171. The Balaban J connectivity index is -0.0000000654. The Labute approximate surface area is 121 Å². The van der Waals surface area contributed by atoms with Gasteiger partial charge in [-0.15, -0.1) is 0 Å². The third-order valence-corrected chi connectivity index (χ3v) is 0.287. The van der Waals surface area contributed by atoms with Crippen LogP contribution in [0.1, 0.15) is 29.1 Å². The first-order valence-electron chi connectivity index (χ1n) is 3.99. The predicted octanol–water partition coefficient (Wildman–Crippen LogP) is 1.28.